The van der Waals surface area contributed by atoms with Crippen LogP contribution in [-0.2, 0) is 5.75 Å². The third kappa shape index (κ3) is 2.17. The van der Waals surface area contributed by atoms with Crippen LogP contribution in [0.5, 0.6) is 0 Å². The van der Waals surface area contributed by atoms with Crippen molar-refractivity contribution in [3.05, 3.63) is 53.4 Å². The molecule has 0 aliphatic heterocycles. The fourth-order valence-corrected chi connectivity index (χ4v) is 4.84. The molecule has 3 rings (SSSR count). The first-order chi connectivity index (χ1) is 7.92. The van der Waals surface area contributed by atoms with Crippen molar-refractivity contribution in [1.82, 2.24) is 0 Å². The van der Waals surface area contributed by atoms with Crippen LogP contribution >= 0.6 is 34.4 Å². The standard InChI is InChI=1S/C13H10S3/c1-2-4-10(5-3-1)9-15-13-8-12-11(16-13)6-7-14-12/h1-8H,9H2. The van der Waals surface area contributed by atoms with E-state index in [0.29, 0.717) is 0 Å². The van der Waals surface area contributed by atoms with Crippen molar-refractivity contribution in [1.29, 1.82) is 0 Å². The molecule has 1 aromatic carbocycles. The number of hydrogen-bond acceptors (Lipinski definition) is 3. The fraction of sp³-hybridized carbons (Fsp3) is 0.0769. The molecule has 2 aromatic heterocycles. The second kappa shape index (κ2) is 4.62. The van der Waals surface area contributed by atoms with Gasteiger partial charge in [-0.3, -0.25) is 0 Å². The summed E-state index contributed by atoms with van der Waals surface area (Å²) in [5.74, 6) is 1.06. The van der Waals surface area contributed by atoms with E-state index in [4.69, 9.17) is 0 Å². The molecule has 3 aromatic rings. The van der Waals surface area contributed by atoms with E-state index in [0.717, 1.165) is 5.75 Å². The van der Waals surface area contributed by atoms with Gasteiger partial charge in [-0.1, -0.05) is 30.3 Å². The summed E-state index contributed by atoms with van der Waals surface area (Å²) in [6.07, 6.45) is 0. The predicted molar refractivity (Wildman–Crippen MR) is 75.7 cm³/mol. The van der Waals surface area contributed by atoms with Crippen molar-refractivity contribution >= 4 is 43.8 Å². The van der Waals surface area contributed by atoms with E-state index in [2.05, 4.69) is 47.8 Å². The minimum absolute atomic E-state index is 1.06. The van der Waals surface area contributed by atoms with E-state index >= 15 is 0 Å². The lowest BCUT2D eigenvalue weighted by molar-refractivity contribution is 1.41. The highest BCUT2D eigenvalue weighted by Gasteiger charge is 2.03. The second-order valence-corrected chi connectivity index (χ2v) is 6.80. The minimum Gasteiger partial charge on any atom is -0.143 e. The zero-order valence-corrected chi connectivity index (χ0v) is 11.0. The van der Waals surface area contributed by atoms with Gasteiger partial charge in [0.15, 0.2) is 0 Å². The molecule has 0 unspecified atom stereocenters. The van der Waals surface area contributed by atoms with Gasteiger partial charge >= 0.3 is 0 Å². The van der Waals surface area contributed by atoms with Crippen LogP contribution in [-0.4, -0.2) is 0 Å². The third-order valence-corrected chi connectivity index (χ3v) is 5.71. The van der Waals surface area contributed by atoms with Crippen molar-refractivity contribution in [3.8, 4) is 0 Å². The summed E-state index contributed by atoms with van der Waals surface area (Å²) in [6, 6.07) is 15.1. The molecular weight excluding hydrogens is 252 g/mol. The van der Waals surface area contributed by atoms with E-state index in [1.807, 2.05) is 34.4 Å². The molecule has 0 aliphatic carbocycles. The number of benzene rings is 1. The summed E-state index contributed by atoms with van der Waals surface area (Å²) in [6.45, 7) is 0. The van der Waals surface area contributed by atoms with Gasteiger partial charge in [0.2, 0.25) is 0 Å². The molecule has 0 radical (unpaired) electrons. The van der Waals surface area contributed by atoms with Gasteiger partial charge in [0.05, 0.1) is 4.21 Å². The monoisotopic (exact) mass is 262 g/mol. The lowest BCUT2D eigenvalue weighted by Crippen LogP contribution is -1.76. The van der Waals surface area contributed by atoms with Crippen LogP contribution in [0.4, 0.5) is 0 Å². The molecule has 0 aliphatic rings. The van der Waals surface area contributed by atoms with Crippen molar-refractivity contribution in [2.75, 3.05) is 0 Å². The Labute approximate surface area is 107 Å². The molecule has 0 amide bonds. The highest BCUT2D eigenvalue weighted by molar-refractivity contribution is 8.00. The van der Waals surface area contributed by atoms with E-state index < -0.39 is 0 Å². The average molecular weight is 262 g/mol. The van der Waals surface area contributed by atoms with Gasteiger partial charge in [0.1, 0.15) is 0 Å². The molecule has 0 N–H and O–H groups in total. The van der Waals surface area contributed by atoms with Gasteiger partial charge in [-0.05, 0) is 23.1 Å². The molecule has 0 bridgehead atoms. The van der Waals surface area contributed by atoms with Gasteiger partial charge < -0.3 is 0 Å². The first-order valence-electron chi connectivity index (χ1n) is 5.05. The molecule has 0 nitrogen and oxygen atoms in total. The van der Waals surface area contributed by atoms with Crippen LogP contribution in [0.2, 0.25) is 0 Å². The maximum Gasteiger partial charge on any atom is 0.0622 e. The summed E-state index contributed by atoms with van der Waals surface area (Å²) in [5.41, 5.74) is 1.39. The fourth-order valence-electron chi connectivity index (χ4n) is 1.54. The van der Waals surface area contributed by atoms with Gasteiger partial charge in [0.25, 0.3) is 0 Å². The molecule has 0 saturated carbocycles. The largest absolute Gasteiger partial charge is 0.143 e. The first kappa shape index (κ1) is 10.4. The number of hydrogen-bond donors (Lipinski definition) is 0. The highest BCUT2D eigenvalue weighted by Crippen LogP contribution is 2.36. The Kier molecular flexibility index (Phi) is 3.00. The summed E-state index contributed by atoms with van der Waals surface area (Å²) in [7, 11) is 0. The lowest BCUT2D eigenvalue weighted by Gasteiger charge is -1.97. The van der Waals surface area contributed by atoms with Crippen LogP contribution < -0.4 is 0 Å². The molecule has 0 fully saturated rings. The van der Waals surface area contributed by atoms with Gasteiger partial charge in [-0.15, -0.1) is 34.4 Å². The Balaban J connectivity index is 1.74. The van der Waals surface area contributed by atoms with Crippen LogP contribution in [0.3, 0.4) is 0 Å². The minimum atomic E-state index is 1.06. The van der Waals surface area contributed by atoms with E-state index in [1.165, 1.54) is 19.2 Å². The van der Waals surface area contributed by atoms with Crippen molar-refractivity contribution in [3.63, 3.8) is 0 Å². The van der Waals surface area contributed by atoms with Crippen LogP contribution in [0, 0.1) is 0 Å². The topological polar surface area (TPSA) is 0 Å². The Morgan fingerprint density at radius 3 is 2.69 bits per heavy atom. The average Bonchev–Trinajstić information content (AvgIpc) is 2.88. The van der Waals surface area contributed by atoms with E-state index in [-0.39, 0.29) is 0 Å². The maximum atomic E-state index is 2.30. The smallest absolute Gasteiger partial charge is 0.0622 e. The van der Waals surface area contributed by atoms with E-state index in [1.54, 1.807) is 0 Å². The second-order valence-electron chi connectivity index (χ2n) is 3.49. The van der Waals surface area contributed by atoms with Gasteiger partial charge in [0, 0.05) is 15.2 Å². The zero-order chi connectivity index (χ0) is 10.8. The van der Waals surface area contributed by atoms with Crippen LogP contribution in [0.15, 0.2) is 52.1 Å². The summed E-state index contributed by atoms with van der Waals surface area (Å²) in [5, 5.41) is 2.16. The first-order valence-corrected chi connectivity index (χ1v) is 7.74. The Morgan fingerprint density at radius 1 is 1.00 bits per heavy atom. The molecule has 2 heterocycles. The van der Waals surface area contributed by atoms with Crippen molar-refractivity contribution in [2.45, 2.75) is 9.96 Å². The van der Waals surface area contributed by atoms with Crippen LogP contribution in [0.1, 0.15) is 5.56 Å². The number of thiophene rings is 2. The van der Waals surface area contributed by atoms with Crippen molar-refractivity contribution < 1.29 is 0 Å². The highest BCUT2D eigenvalue weighted by atomic mass is 32.2. The SMILES string of the molecule is c1ccc(CSc2cc3sccc3s2)cc1. The number of thioether (sulfide) groups is 1. The summed E-state index contributed by atoms with van der Waals surface area (Å²) >= 11 is 5.65. The Hall–Kier alpha value is -0.770. The Bertz CT molecular complexity index is 549. The molecule has 0 atom stereocenters. The molecule has 3 heteroatoms. The maximum absolute atomic E-state index is 2.30. The van der Waals surface area contributed by atoms with Gasteiger partial charge in [-0.2, -0.15) is 0 Å². The normalized spacial score (nSPS) is 11.0. The number of fused-ring (bicyclic) bond motifs is 1. The molecule has 0 spiro atoms. The van der Waals surface area contributed by atoms with Crippen molar-refractivity contribution in [2.24, 2.45) is 0 Å². The summed E-state index contributed by atoms with van der Waals surface area (Å²) in [4.78, 5) is 0. The summed E-state index contributed by atoms with van der Waals surface area (Å²) < 4.78 is 4.26. The quantitative estimate of drug-likeness (QED) is 0.580. The van der Waals surface area contributed by atoms with E-state index in [9.17, 15) is 0 Å². The molecule has 0 saturated heterocycles. The van der Waals surface area contributed by atoms with Crippen LogP contribution in [0.25, 0.3) is 9.40 Å². The number of rotatable bonds is 3. The molecular formula is C13H10S3. The third-order valence-electron chi connectivity index (χ3n) is 2.34. The van der Waals surface area contributed by atoms with Gasteiger partial charge in [-0.25, -0.2) is 0 Å². The lowest BCUT2D eigenvalue weighted by atomic mass is 10.2. The zero-order valence-electron chi connectivity index (χ0n) is 8.55. The molecule has 16 heavy (non-hydrogen) atoms. The predicted octanol–water partition coefficient (Wildman–Crippen LogP) is 5.26. The Morgan fingerprint density at radius 2 is 1.88 bits per heavy atom. The molecule has 80 valence electrons.